The summed E-state index contributed by atoms with van der Waals surface area (Å²) in [5, 5.41) is 3.22. The van der Waals surface area contributed by atoms with Crippen molar-refractivity contribution in [1.82, 2.24) is 0 Å². The number of ether oxygens (including phenoxy) is 2. The summed E-state index contributed by atoms with van der Waals surface area (Å²) in [7, 11) is 3.30. The second kappa shape index (κ2) is 10.5. The van der Waals surface area contributed by atoms with Crippen LogP contribution in [0.5, 0.6) is 11.5 Å². The maximum atomic E-state index is 6.08. The van der Waals surface area contributed by atoms with Crippen molar-refractivity contribution < 1.29 is 9.47 Å². The zero-order valence-corrected chi connectivity index (χ0v) is 19.2. The molecule has 0 heterocycles. The summed E-state index contributed by atoms with van der Waals surface area (Å²) in [4.78, 5) is 4.51. The van der Waals surface area contributed by atoms with E-state index in [1.165, 1.54) is 29.5 Å². The molecule has 3 N–H and O–H groups in total. The van der Waals surface area contributed by atoms with Gasteiger partial charge in [0.1, 0.15) is 0 Å². The first kappa shape index (κ1) is 22.3. The second-order valence-electron chi connectivity index (χ2n) is 7.19. The third-order valence-corrected chi connectivity index (χ3v) is 4.98. The number of aryl methyl sites for hydroxylation is 2. The van der Waals surface area contributed by atoms with Gasteiger partial charge >= 0.3 is 0 Å². The number of nitrogens with zero attached hydrogens (tertiary/aromatic N) is 1. The minimum atomic E-state index is 0. The van der Waals surface area contributed by atoms with Crippen molar-refractivity contribution in [3.05, 3.63) is 53.1 Å². The molecule has 0 aromatic heterocycles. The number of anilines is 1. The molecule has 2 aromatic rings. The van der Waals surface area contributed by atoms with Crippen molar-refractivity contribution >= 4 is 35.6 Å². The smallest absolute Gasteiger partial charge is 0.193 e. The number of fused-ring (bicyclic) bond motifs is 1. The van der Waals surface area contributed by atoms with Crippen molar-refractivity contribution in [2.75, 3.05) is 26.1 Å². The number of nitrogens with one attached hydrogen (secondary N) is 1. The molecule has 0 spiro atoms. The van der Waals surface area contributed by atoms with Crippen LogP contribution in [0.15, 0.2) is 41.4 Å². The molecule has 0 saturated heterocycles. The number of rotatable bonds is 7. The van der Waals surface area contributed by atoms with E-state index in [0.29, 0.717) is 18.4 Å². The fraction of sp³-hybridized carbons (Fsp3) is 0.409. The average Bonchev–Trinajstić information content (AvgIpc) is 3.14. The lowest BCUT2D eigenvalue weighted by atomic mass is 10.0. The summed E-state index contributed by atoms with van der Waals surface area (Å²) in [5.74, 6) is 2.33. The summed E-state index contributed by atoms with van der Waals surface area (Å²) in [5.41, 5.74) is 11.2. The zero-order valence-electron chi connectivity index (χ0n) is 16.8. The predicted octanol–water partition coefficient (Wildman–Crippen LogP) is 4.42. The number of methoxy groups -OCH3 is 2. The highest BCUT2D eigenvalue weighted by Crippen LogP contribution is 2.28. The molecule has 0 radical (unpaired) electrons. The van der Waals surface area contributed by atoms with E-state index in [4.69, 9.17) is 15.2 Å². The Morgan fingerprint density at radius 1 is 1.07 bits per heavy atom. The molecular weight excluding hydrogens is 465 g/mol. The second-order valence-corrected chi connectivity index (χ2v) is 7.19. The quantitative estimate of drug-likeness (QED) is 0.339. The molecule has 0 amide bonds. The van der Waals surface area contributed by atoms with Gasteiger partial charge in [0.25, 0.3) is 0 Å². The topological polar surface area (TPSA) is 68.9 Å². The van der Waals surface area contributed by atoms with Gasteiger partial charge in [0.2, 0.25) is 0 Å². The van der Waals surface area contributed by atoms with E-state index in [1.807, 2.05) is 12.1 Å². The molecule has 1 aliphatic rings. The average molecular weight is 495 g/mol. The molecule has 28 heavy (non-hydrogen) atoms. The number of guanidine groups is 1. The summed E-state index contributed by atoms with van der Waals surface area (Å²) < 4.78 is 10.7. The predicted molar refractivity (Wildman–Crippen MR) is 126 cm³/mol. The van der Waals surface area contributed by atoms with Crippen LogP contribution in [0, 0.1) is 5.92 Å². The summed E-state index contributed by atoms with van der Waals surface area (Å²) in [6, 6.07) is 12.5. The van der Waals surface area contributed by atoms with E-state index in [2.05, 4.69) is 41.5 Å². The Kier molecular flexibility index (Phi) is 8.41. The molecule has 152 valence electrons. The first-order chi connectivity index (χ1) is 13.1. The summed E-state index contributed by atoms with van der Waals surface area (Å²) >= 11 is 0. The van der Waals surface area contributed by atoms with Gasteiger partial charge in [0, 0.05) is 12.2 Å². The molecule has 0 aliphatic heterocycles. The first-order valence-electron chi connectivity index (χ1n) is 9.48. The van der Waals surface area contributed by atoms with Gasteiger partial charge in [-0.1, -0.05) is 19.1 Å². The molecular formula is C22H30IN3O2. The minimum absolute atomic E-state index is 0. The van der Waals surface area contributed by atoms with E-state index in [-0.39, 0.29) is 24.0 Å². The van der Waals surface area contributed by atoms with Gasteiger partial charge in [-0.3, -0.25) is 4.99 Å². The normalized spacial score (nSPS) is 14.0. The van der Waals surface area contributed by atoms with Gasteiger partial charge in [-0.15, -0.1) is 24.0 Å². The lowest BCUT2D eigenvalue weighted by molar-refractivity contribution is 0.354. The summed E-state index contributed by atoms with van der Waals surface area (Å²) in [6.45, 7) is 2.83. The molecule has 0 fully saturated rings. The molecule has 0 bridgehead atoms. The van der Waals surface area contributed by atoms with Gasteiger partial charge in [-0.2, -0.15) is 0 Å². The van der Waals surface area contributed by atoms with E-state index in [1.54, 1.807) is 14.2 Å². The number of nitrogens with two attached hydrogens (primary N) is 1. The van der Waals surface area contributed by atoms with E-state index in [0.717, 1.165) is 30.0 Å². The first-order valence-corrected chi connectivity index (χ1v) is 9.48. The monoisotopic (exact) mass is 495 g/mol. The largest absolute Gasteiger partial charge is 0.493 e. The minimum Gasteiger partial charge on any atom is -0.493 e. The Hall–Kier alpha value is -1.96. The van der Waals surface area contributed by atoms with Crippen LogP contribution in [0.3, 0.4) is 0 Å². The number of benzene rings is 2. The number of hydrogen-bond donors (Lipinski definition) is 2. The number of hydrogen-bond acceptors (Lipinski definition) is 3. The molecule has 1 atom stereocenters. The zero-order chi connectivity index (χ0) is 19.2. The molecule has 5 nitrogen and oxygen atoms in total. The molecule has 0 saturated carbocycles. The van der Waals surface area contributed by atoms with Gasteiger partial charge in [0.15, 0.2) is 17.5 Å². The Labute approximate surface area is 184 Å². The number of aliphatic imine (C=N–C) groups is 1. The highest BCUT2D eigenvalue weighted by Gasteiger charge is 2.11. The highest BCUT2D eigenvalue weighted by atomic mass is 127. The molecule has 1 unspecified atom stereocenters. The standard InChI is InChI=1S/C22H29N3O2.HI/c1-15(11-16-7-10-20(26-2)21(12-16)27-3)14-24-22(23)25-19-9-8-17-5-4-6-18(17)13-19;/h7-10,12-13,15H,4-6,11,14H2,1-3H3,(H3,23,24,25);1H. The van der Waals surface area contributed by atoms with Gasteiger partial charge in [-0.05, 0) is 72.6 Å². The Morgan fingerprint density at radius 2 is 1.82 bits per heavy atom. The van der Waals surface area contributed by atoms with Crippen LogP contribution >= 0.6 is 24.0 Å². The Balaban J connectivity index is 0.00000280. The lowest BCUT2D eigenvalue weighted by Gasteiger charge is -2.13. The van der Waals surface area contributed by atoms with Crippen molar-refractivity contribution in [3.63, 3.8) is 0 Å². The van der Waals surface area contributed by atoms with Crippen molar-refractivity contribution in [1.29, 1.82) is 0 Å². The maximum Gasteiger partial charge on any atom is 0.193 e. The fourth-order valence-corrected chi connectivity index (χ4v) is 3.57. The molecule has 1 aliphatic carbocycles. The van der Waals surface area contributed by atoms with Crippen LogP contribution in [-0.2, 0) is 19.3 Å². The SMILES string of the molecule is COc1ccc(CC(C)CN=C(N)Nc2ccc3c(c2)CCC3)cc1OC.I. The highest BCUT2D eigenvalue weighted by molar-refractivity contribution is 14.0. The molecule has 6 heteroatoms. The molecule has 3 rings (SSSR count). The van der Waals surface area contributed by atoms with Crippen LogP contribution < -0.4 is 20.5 Å². The maximum absolute atomic E-state index is 6.08. The van der Waals surface area contributed by atoms with Crippen LogP contribution in [0.1, 0.15) is 30.0 Å². The van der Waals surface area contributed by atoms with Crippen molar-refractivity contribution in [3.8, 4) is 11.5 Å². The van der Waals surface area contributed by atoms with Gasteiger partial charge in [-0.25, -0.2) is 0 Å². The number of halogens is 1. The van der Waals surface area contributed by atoms with E-state index in [9.17, 15) is 0 Å². The van der Waals surface area contributed by atoms with Crippen LogP contribution in [0.25, 0.3) is 0 Å². The van der Waals surface area contributed by atoms with E-state index >= 15 is 0 Å². The van der Waals surface area contributed by atoms with E-state index < -0.39 is 0 Å². The fourth-order valence-electron chi connectivity index (χ4n) is 3.57. The molecule has 2 aromatic carbocycles. The lowest BCUT2D eigenvalue weighted by Crippen LogP contribution is -2.24. The van der Waals surface area contributed by atoms with Crippen LogP contribution in [0.4, 0.5) is 5.69 Å². The third kappa shape index (κ3) is 5.77. The Bertz CT molecular complexity index is 823. The van der Waals surface area contributed by atoms with Crippen molar-refractivity contribution in [2.45, 2.75) is 32.6 Å². The van der Waals surface area contributed by atoms with Gasteiger partial charge < -0.3 is 20.5 Å². The Morgan fingerprint density at radius 3 is 2.57 bits per heavy atom. The van der Waals surface area contributed by atoms with Gasteiger partial charge in [0.05, 0.1) is 14.2 Å². The van der Waals surface area contributed by atoms with Crippen LogP contribution in [0.2, 0.25) is 0 Å². The van der Waals surface area contributed by atoms with Crippen molar-refractivity contribution in [2.24, 2.45) is 16.6 Å². The summed E-state index contributed by atoms with van der Waals surface area (Å²) in [6.07, 6.45) is 4.49. The third-order valence-electron chi connectivity index (χ3n) is 4.98. The van der Waals surface area contributed by atoms with Crippen LogP contribution in [-0.4, -0.2) is 26.7 Å².